The number of hydrogen-bond donors (Lipinski definition) is 1. The minimum Gasteiger partial charge on any atom is -0.444 e. The highest BCUT2D eigenvalue weighted by atomic mass is 16.6. The van der Waals surface area contributed by atoms with Crippen molar-refractivity contribution in [3.8, 4) is 0 Å². The van der Waals surface area contributed by atoms with Gasteiger partial charge in [-0.05, 0) is 26.7 Å². The Kier molecular flexibility index (Phi) is 6.07. The Morgan fingerprint density at radius 2 is 2.00 bits per heavy atom. The van der Waals surface area contributed by atoms with Crippen LogP contribution in [0.4, 0.5) is 4.79 Å². The third kappa shape index (κ3) is 6.78. The summed E-state index contributed by atoms with van der Waals surface area (Å²) >= 11 is 0. The van der Waals surface area contributed by atoms with Gasteiger partial charge in [-0.2, -0.15) is 0 Å². The third-order valence-electron chi connectivity index (χ3n) is 2.66. The predicted molar refractivity (Wildman–Crippen MR) is 75.3 cm³/mol. The SMILES string of the molecule is CC(C)COCCNC1CN(C(=O)OC(C)(C)C)C1. The number of amides is 1. The van der Waals surface area contributed by atoms with E-state index in [4.69, 9.17) is 9.47 Å². The van der Waals surface area contributed by atoms with E-state index >= 15 is 0 Å². The fraction of sp³-hybridized carbons (Fsp3) is 0.929. The van der Waals surface area contributed by atoms with Gasteiger partial charge in [-0.15, -0.1) is 0 Å². The van der Waals surface area contributed by atoms with Gasteiger partial charge in [0.05, 0.1) is 6.61 Å². The summed E-state index contributed by atoms with van der Waals surface area (Å²) in [5.74, 6) is 0.575. The van der Waals surface area contributed by atoms with E-state index in [2.05, 4.69) is 19.2 Å². The first-order chi connectivity index (χ1) is 8.78. The van der Waals surface area contributed by atoms with Gasteiger partial charge in [0.1, 0.15) is 5.60 Å². The summed E-state index contributed by atoms with van der Waals surface area (Å²) in [4.78, 5) is 13.4. The number of carbonyl (C=O) groups is 1. The van der Waals surface area contributed by atoms with E-state index in [-0.39, 0.29) is 6.09 Å². The van der Waals surface area contributed by atoms with Crippen LogP contribution in [-0.4, -0.2) is 55.5 Å². The van der Waals surface area contributed by atoms with Crippen molar-refractivity contribution < 1.29 is 14.3 Å². The topological polar surface area (TPSA) is 50.8 Å². The molecule has 0 radical (unpaired) electrons. The molecule has 1 aliphatic rings. The second kappa shape index (κ2) is 7.10. The molecule has 1 fully saturated rings. The Labute approximate surface area is 116 Å². The fourth-order valence-electron chi connectivity index (χ4n) is 1.74. The summed E-state index contributed by atoms with van der Waals surface area (Å²) in [5.41, 5.74) is -0.416. The lowest BCUT2D eigenvalue weighted by Crippen LogP contribution is -2.60. The highest BCUT2D eigenvalue weighted by molar-refractivity contribution is 5.69. The lowest BCUT2D eigenvalue weighted by molar-refractivity contribution is 0.00440. The number of nitrogens with zero attached hydrogens (tertiary/aromatic N) is 1. The summed E-state index contributed by atoms with van der Waals surface area (Å²) in [5, 5.41) is 3.37. The molecule has 0 bridgehead atoms. The number of likely N-dealkylation sites (tertiary alicyclic amines) is 1. The number of ether oxygens (including phenoxy) is 2. The summed E-state index contributed by atoms with van der Waals surface area (Å²) in [6.07, 6.45) is -0.221. The Balaban J connectivity index is 2.02. The van der Waals surface area contributed by atoms with E-state index in [9.17, 15) is 4.79 Å². The molecule has 1 saturated heterocycles. The monoisotopic (exact) mass is 272 g/mol. The zero-order valence-corrected chi connectivity index (χ0v) is 12.9. The van der Waals surface area contributed by atoms with E-state index in [0.29, 0.717) is 12.0 Å². The van der Waals surface area contributed by atoms with Gasteiger partial charge in [0.25, 0.3) is 0 Å². The molecule has 0 saturated carbocycles. The smallest absolute Gasteiger partial charge is 0.410 e. The van der Waals surface area contributed by atoms with Crippen LogP contribution < -0.4 is 5.32 Å². The Morgan fingerprint density at radius 1 is 1.37 bits per heavy atom. The van der Waals surface area contributed by atoms with Crippen LogP contribution in [-0.2, 0) is 9.47 Å². The first-order valence-electron chi connectivity index (χ1n) is 7.07. The molecule has 0 aliphatic carbocycles. The normalized spacial score (nSPS) is 16.6. The van der Waals surface area contributed by atoms with E-state index in [1.54, 1.807) is 4.90 Å². The third-order valence-corrected chi connectivity index (χ3v) is 2.66. The number of nitrogens with one attached hydrogen (secondary N) is 1. The van der Waals surface area contributed by atoms with E-state index in [1.165, 1.54) is 0 Å². The average Bonchev–Trinajstić information content (AvgIpc) is 2.16. The van der Waals surface area contributed by atoms with Gasteiger partial charge in [0.2, 0.25) is 0 Å². The number of carbonyl (C=O) groups excluding carboxylic acids is 1. The lowest BCUT2D eigenvalue weighted by Gasteiger charge is -2.40. The molecule has 112 valence electrons. The van der Waals surface area contributed by atoms with Gasteiger partial charge >= 0.3 is 6.09 Å². The van der Waals surface area contributed by atoms with Gasteiger partial charge in [0, 0.05) is 32.3 Å². The summed E-state index contributed by atoms with van der Waals surface area (Å²) in [7, 11) is 0. The number of hydrogen-bond acceptors (Lipinski definition) is 4. The fourth-order valence-corrected chi connectivity index (χ4v) is 1.74. The molecule has 0 aromatic carbocycles. The molecule has 1 rings (SSSR count). The van der Waals surface area contributed by atoms with Gasteiger partial charge in [-0.3, -0.25) is 0 Å². The molecule has 0 aromatic rings. The van der Waals surface area contributed by atoms with Crippen LogP contribution in [0.25, 0.3) is 0 Å². The predicted octanol–water partition coefficient (Wildman–Crippen LogP) is 1.87. The second-order valence-electron chi connectivity index (χ2n) is 6.51. The quantitative estimate of drug-likeness (QED) is 0.750. The lowest BCUT2D eigenvalue weighted by atomic mass is 10.1. The van der Waals surface area contributed by atoms with Crippen molar-refractivity contribution in [1.82, 2.24) is 10.2 Å². The molecule has 1 amide bonds. The largest absolute Gasteiger partial charge is 0.444 e. The molecule has 5 heteroatoms. The standard InChI is InChI=1S/C14H28N2O3/c1-11(2)10-18-7-6-15-12-8-16(9-12)13(17)19-14(3,4)5/h11-12,15H,6-10H2,1-5H3. The van der Waals surface area contributed by atoms with Crippen molar-refractivity contribution in [3.63, 3.8) is 0 Å². The average molecular weight is 272 g/mol. The minimum absolute atomic E-state index is 0.221. The highest BCUT2D eigenvalue weighted by Gasteiger charge is 2.33. The molecule has 0 spiro atoms. The molecule has 19 heavy (non-hydrogen) atoms. The van der Waals surface area contributed by atoms with Crippen molar-refractivity contribution in [3.05, 3.63) is 0 Å². The minimum atomic E-state index is -0.416. The first-order valence-corrected chi connectivity index (χ1v) is 7.07. The second-order valence-corrected chi connectivity index (χ2v) is 6.51. The van der Waals surface area contributed by atoms with E-state index in [1.807, 2.05) is 20.8 Å². The van der Waals surface area contributed by atoms with Crippen LogP contribution in [0, 0.1) is 5.92 Å². The van der Waals surface area contributed by atoms with Crippen LogP contribution in [0.3, 0.4) is 0 Å². The zero-order chi connectivity index (χ0) is 14.5. The zero-order valence-electron chi connectivity index (χ0n) is 12.9. The molecular formula is C14H28N2O3. The maximum Gasteiger partial charge on any atom is 0.410 e. The number of rotatable bonds is 6. The maximum atomic E-state index is 11.7. The highest BCUT2D eigenvalue weighted by Crippen LogP contribution is 2.14. The Hall–Kier alpha value is -0.810. The van der Waals surface area contributed by atoms with Crippen molar-refractivity contribution in [2.75, 3.05) is 32.8 Å². The molecule has 5 nitrogen and oxygen atoms in total. The molecule has 1 aliphatic heterocycles. The van der Waals surface area contributed by atoms with Crippen molar-refractivity contribution in [2.45, 2.75) is 46.3 Å². The van der Waals surface area contributed by atoms with Crippen LogP contribution in [0.5, 0.6) is 0 Å². The van der Waals surface area contributed by atoms with Crippen LogP contribution in [0.1, 0.15) is 34.6 Å². The summed E-state index contributed by atoms with van der Waals surface area (Å²) in [6.45, 7) is 13.7. The Bertz CT molecular complexity index is 281. The molecule has 0 atom stereocenters. The Morgan fingerprint density at radius 3 is 2.53 bits per heavy atom. The summed E-state index contributed by atoms with van der Waals surface area (Å²) in [6, 6.07) is 0.371. The van der Waals surface area contributed by atoms with Crippen LogP contribution >= 0.6 is 0 Å². The molecule has 0 aromatic heterocycles. The van der Waals surface area contributed by atoms with Gasteiger partial charge in [0.15, 0.2) is 0 Å². The van der Waals surface area contributed by atoms with Gasteiger partial charge < -0.3 is 19.7 Å². The van der Waals surface area contributed by atoms with E-state index in [0.717, 1.165) is 32.8 Å². The van der Waals surface area contributed by atoms with E-state index < -0.39 is 5.60 Å². The van der Waals surface area contributed by atoms with Crippen LogP contribution in [0.2, 0.25) is 0 Å². The molecule has 1 N–H and O–H groups in total. The molecule has 0 unspecified atom stereocenters. The first kappa shape index (κ1) is 16.2. The van der Waals surface area contributed by atoms with Crippen molar-refractivity contribution in [2.24, 2.45) is 5.92 Å². The van der Waals surface area contributed by atoms with Crippen molar-refractivity contribution in [1.29, 1.82) is 0 Å². The maximum absolute atomic E-state index is 11.7. The summed E-state index contributed by atoms with van der Waals surface area (Å²) < 4.78 is 10.8. The van der Waals surface area contributed by atoms with Crippen LogP contribution in [0.15, 0.2) is 0 Å². The van der Waals surface area contributed by atoms with Crippen molar-refractivity contribution >= 4 is 6.09 Å². The molecule has 1 heterocycles. The van der Waals surface area contributed by atoms with Gasteiger partial charge in [-0.25, -0.2) is 4.79 Å². The molecular weight excluding hydrogens is 244 g/mol. The van der Waals surface area contributed by atoms with Gasteiger partial charge in [-0.1, -0.05) is 13.8 Å².